The van der Waals surface area contributed by atoms with Gasteiger partial charge in [0, 0.05) is 30.6 Å². The Morgan fingerprint density at radius 3 is 2.61 bits per heavy atom. The summed E-state index contributed by atoms with van der Waals surface area (Å²) in [7, 11) is 3.18. The Kier molecular flexibility index (Phi) is 7.75. The number of benzene rings is 2. The highest BCUT2D eigenvalue weighted by Crippen LogP contribution is 2.38. The number of hydrogen-bond donors (Lipinski definition) is 0. The second kappa shape index (κ2) is 12.0. The number of fused-ring (bicyclic) bond motifs is 2. The van der Waals surface area contributed by atoms with Crippen LogP contribution in [0.25, 0.3) is 27.4 Å². The monoisotopic (exact) mass is 647 g/mol. The van der Waals surface area contributed by atoms with Gasteiger partial charge in [0.2, 0.25) is 4.96 Å². The Balaban J connectivity index is 1.02. The van der Waals surface area contributed by atoms with E-state index in [9.17, 15) is 4.55 Å². The number of aromatic nitrogens is 4. The molecule has 0 bridgehead atoms. The van der Waals surface area contributed by atoms with Gasteiger partial charge in [0.1, 0.15) is 29.4 Å². The van der Waals surface area contributed by atoms with E-state index in [0.717, 1.165) is 16.2 Å². The Hall–Kier alpha value is -4.33. The average molecular weight is 648 g/mol. The number of thiazole rings is 1. The highest BCUT2D eigenvalue weighted by Gasteiger charge is 2.28. The third-order valence-corrected chi connectivity index (χ3v) is 10.4. The smallest absolute Gasteiger partial charge is 0.294 e. The molecule has 6 aromatic rings. The van der Waals surface area contributed by atoms with Crippen LogP contribution in [0.4, 0.5) is 5.13 Å². The fourth-order valence-corrected chi connectivity index (χ4v) is 7.55. The summed E-state index contributed by atoms with van der Waals surface area (Å²) in [6.07, 6.45) is 1.80. The number of nitriles is 1. The molecule has 5 heterocycles. The van der Waals surface area contributed by atoms with Gasteiger partial charge in [-0.15, -0.1) is 20.7 Å². The summed E-state index contributed by atoms with van der Waals surface area (Å²) in [5.74, 6) is 1.81. The minimum absolute atomic E-state index is 0.270. The first-order valence-corrected chi connectivity index (χ1v) is 16.3. The second-order valence-corrected chi connectivity index (χ2v) is 13.0. The van der Waals surface area contributed by atoms with Crippen LogP contribution in [-0.4, -0.2) is 68.8 Å². The largest absolute Gasteiger partial charge is 0.593 e. The number of ether oxygens (including phenoxy) is 3. The summed E-state index contributed by atoms with van der Waals surface area (Å²) >= 11 is 1.64. The molecule has 1 aliphatic heterocycles. The van der Waals surface area contributed by atoms with E-state index >= 15 is 0 Å². The number of methoxy groups -OCH3 is 2. The third-order valence-electron chi connectivity index (χ3n) is 7.10. The van der Waals surface area contributed by atoms with Crippen LogP contribution >= 0.6 is 22.7 Å². The minimum Gasteiger partial charge on any atom is -0.593 e. The van der Waals surface area contributed by atoms with Gasteiger partial charge in [0.05, 0.1) is 67.6 Å². The maximum Gasteiger partial charge on any atom is 0.294 e. The van der Waals surface area contributed by atoms with Crippen molar-refractivity contribution in [2.75, 3.05) is 45.3 Å². The molecule has 44 heavy (non-hydrogen) atoms. The molecule has 7 rings (SSSR count). The quantitative estimate of drug-likeness (QED) is 0.197. The fraction of sp³-hybridized carbons (Fsp3) is 0.241. The van der Waals surface area contributed by atoms with Crippen molar-refractivity contribution in [3.63, 3.8) is 0 Å². The van der Waals surface area contributed by atoms with Gasteiger partial charge in [-0.2, -0.15) is 5.26 Å². The number of hydrogen-bond acceptors (Lipinski definition) is 13. The van der Waals surface area contributed by atoms with Gasteiger partial charge in [0.25, 0.3) is 5.19 Å². The Morgan fingerprint density at radius 2 is 1.89 bits per heavy atom. The predicted molar refractivity (Wildman–Crippen MR) is 167 cm³/mol. The maximum absolute atomic E-state index is 13.0. The van der Waals surface area contributed by atoms with Crippen molar-refractivity contribution in [3.8, 4) is 34.2 Å². The Labute approximate surface area is 263 Å². The van der Waals surface area contributed by atoms with Gasteiger partial charge in [-0.05, 0) is 41.7 Å². The van der Waals surface area contributed by atoms with Crippen molar-refractivity contribution in [1.82, 2.24) is 23.9 Å². The number of anilines is 1. The second-order valence-electron chi connectivity index (χ2n) is 9.78. The molecule has 4 aromatic heterocycles. The fourth-order valence-electron chi connectivity index (χ4n) is 4.83. The van der Waals surface area contributed by atoms with Gasteiger partial charge in [0.15, 0.2) is 15.8 Å². The molecule has 1 fully saturated rings. The highest BCUT2D eigenvalue weighted by molar-refractivity contribution is 7.89. The summed E-state index contributed by atoms with van der Waals surface area (Å²) in [6, 6.07) is 14.5. The first-order chi connectivity index (χ1) is 21.5. The molecule has 15 heteroatoms. The molecule has 0 saturated carbocycles. The predicted octanol–water partition coefficient (Wildman–Crippen LogP) is 4.97. The first kappa shape index (κ1) is 28.4. The molecule has 1 atom stereocenters. The van der Waals surface area contributed by atoms with Crippen molar-refractivity contribution in [2.24, 2.45) is 0 Å². The molecule has 224 valence electrons. The summed E-state index contributed by atoms with van der Waals surface area (Å²) in [6.45, 7) is 2.96. The average Bonchev–Trinajstić information content (AvgIpc) is 3.86. The van der Waals surface area contributed by atoms with E-state index < -0.39 is 11.4 Å². The SMILES string of the molecule is COc1cc(OCc2csc(N3CCN([S+]([O-])c4ccc(C#N)cc4)CC3)n2)c2cc(-c3cn4nc(OC)sc4n3)oc2c1. The summed E-state index contributed by atoms with van der Waals surface area (Å²) in [4.78, 5) is 13.0. The van der Waals surface area contributed by atoms with Crippen molar-refractivity contribution in [1.29, 1.82) is 5.26 Å². The molecule has 0 spiro atoms. The molecule has 1 unspecified atom stereocenters. The summed E-state index contributed by atoms with van der Waals surface area (Å²) < 4.78 is 39.7. The molecule has 1 saturated heterocycles. The van der Waals surface area contributed by atoms with Gasteiger partial charge >= 0.3 is 0 Å². The third kappa shape index (κ3) is 5.53. The standard InChI is InChI=1S/C29H25N7O5S3/c1-38-20-11-24(22-13-26(41-25(22)12-20)23-15-36-28(32-23)43-29(33-36)39-2)40-16-19-17-42-27(31-19)34-7-9-35(10-8-34)44(37)21-5-3-18(14-30)4-6-21/h3-6,11-13,15,17H,7-10,16H2,1-2H3. The Morgan fingerprint density at radius 1 is 1.07 bits per heavy atom. The molecule has 0 amide bonds. The molecule has 2 aromatic carbocycles. The molecular weight excluding hydrogens is 623 g/mol. The molecule has 1 aliphatic rings. The van der Waals surface area contributed by atoms with Crippen LogP contribution in [0.15, 0.2) is 63.4 Å². The van der Waals surface area contributed by atoms with Crippen LogP contribution in [0.5, 0.6) is 16.7 Å². The normalized spacial score (nSPS) is 14.6. The van der Waals surface area contributed by atoms with Gasteiger partial charge in [-0.3, -0.25) is 0 Å². The lowest BCUT2D eigenvalue weighted by atomic mass is 10.2. The zero-order chi connectivity index (χ0) is 30.2. The number of rotatable bonds is 9. The number of piperazine rings is 1. The van der Waals surface area contributed by atoms with Crippen molar-refractivity contribution in [3.05, 3.63) is 65.3 Å². The van der Waals surface area contributed by atoms with Crippen molar-refractivity contribution in [2.45, 2.75) is 11.5 Å². The highest BCUT2D eigenvalue weighted by atomic mass is 32.2. The number of imidazole rings is 1. The molecule has 0 N–H and O–H groups in total. The zero-order valence-electron chi connectivity index (χ0n) is 23.6. The Bertz CT molecular complexity index is 1940. The lowest BCUT2D eigenvalue weighted by Gasteiger charge is -2.33. The first-order valence-electron chi connectivity index (χ1n) is 13.5. The van der Waals surface area contributed by atoms with Gasteiger partial charge in [-0.1, -0.05) is 0 Å². The van der Waals surface area contributed by atoms with E-state index in [1.807, 2.05) is 27.9 Å². The molecule has 0 aliphatic carbocycles. The topological polar surface area (TPSA) is 137 Å². The number of furan rings is 1. The van der Waals surface area contributed by atoms with Crippen LogP contribution in [0.1, 0.15) is 11.3 Å². The van der Waals surface area contributed by atoms with Gasteiger partial charge < -0.3 is 28.1 Å². The lowest BCUT2D eigenvalue weighted by Crippen LogP contribution is -2.48. The van der Waals surface area contributed by atoms with E-state index in [1.165, 1.54) is 11.3 Å². The van der Waals surface area contributed by atoms with Gasteiger partial charge in [-0.25, -0.2) is 14.5 Å². The summed E-state index contributed by atoms with van der Waals surface area (Å²) in [5, 5.41) is 17.6. The maximum atomic E-state index is 13.0. The van der Waals surface area contributed by atoms with Crippen LogP contribution in [0, 0.1) is 11.3 Å². The van der Waals surface area contributed by atoms with Crippen LogP contribution < -0.4 is 19.1 Å². The van der Waals surface area contributed by atoms with E-state index in [4.69, 9.17) is 28.9 Å². The molecule has 0 radical (unpaired) electrons. The number of nitrogens with zero attached hydrogens (tertiary/aromatic N) is 7. The minimum atomic E-state index is -1.27. The molecular formula is C29H25N7O5S3. The van der Waals surface area contributed by atoms with E-state index in [1.54, 1.807) is 60.5 Å². The lowest BCUT2D eigenvalue weighted by molar-refractivity contribution is 0.303. The summed E-state index contributed by atoms with van der Waals surface area (Å²) in [5.41, 5.74) is 2.63. The van der Waals surface area contributed by atoms with E-state index in [2.05, 4.69) is 21.1 Å². The van der Waals surface area contributed by atoms with Crippen LogP contribution in [0.3, 0.4) is 0 Å². The van der Waals surface area contributed by atoms with E-state index in [0.29, 0.717) is 75.3 Å². The van der Waals surface area contributed by atoms with Crippen LogP contribution in [0.2, 0.25) is 0 Å². The van der Waals surface area contributed by atoms with Crippen molar-refractivity contribution >= 4 is 55.1 Å². The van der Waals surface area contributed by atoms with Crippen LogP contribution in [-0.2, 0) is 18.0 Å². The van der Waals surface area contributed by atoms with Crippen molar-refractivity contribution < 1.29 is 23.2 Å². The zero-order valence-corrected chi connectivity index (χ0v) is 26.1. The van der Waals surface area contributed by atoms with E-state index in [-0.39, 0.29) is 6.61 Å². The molecule has 12 nitrogen and oxygen atoms in total.